The second-order valence-electron chi connectivity index (χ2n) is 11.1. The Morgan fingerprint density at radius 2 is 1.51 bits per heavy atom. The predicted molar refractivity (Wildman–Crippen MR) is 194 cm³/mol. The minimum absolute atomic E-state index is 0.0317. The number of amides is 2. The number of anilines is 1. The Kier molecular flexibility index (Phi) is 11.7. The van der Waals surface area contributed by atoms with E-state index in [2.05, 4.69) is 0 Å². The Morgan fingerprint density at radius 1 is 0.868 bits per heavy atom. The van der Waals surface area contributed by atoms with Gasteiger partial charge >= 0.3 is 17.9 Å². The third-order valence-corrected chi connectivity index (χ3v) is 13.2. The average molecular weight is 829 g/mol. The maximum Gasteiger partial charge on any atom is 0.323 e. The molecule has 4 N–H and O–H groups in total. The highest BCUT2D eigenvalue weighted by molar-refractivity contribution is 8.23. The number of allylic oxidation sites excluding steroid dienone is 1. The largest absolute Gasteiger partial charge is 0.497 e. The Hall–Kier alpha value is -4.68. The lowest BCUT2D eigenvalue weighted by molar-refractivity contribution is -0.140. The number of fused-ring (bicyclic) bond motifs is 1. The third-order valence-electron chi connectivity index (χ3n) is 7.58. The Morgan fingerprint density at radius 3 is 2.09 bits per heavy atom. The first-order valence-electron chi connectivity index (χ1n) is 15.1. The molecule has 3 aromatic rings. The van der Waals surface area contributed by atoms with Gasteiger partial charge in [0.1, 0.15) is 44.1 Å². The summed E-state index contributed by atoms with van der Waals surface area (Å²) in [5.74, 6) is -5.51. The molecule has 2 aromatic heterocycles. The number of thioether (sulfide) groups is 2. The van der Waals surface area contributed by atoms with E-state index in [1.54, 1.807) is 36.1 Å². The van der Waals surface area contributed by atoms with Crippen LogP contribution in [0.3, 0.4) is 0 Å². The predicted octanol–water partition coefficient (Wildman–Crippen LogP) is 0.778. The van der Waals surface area contributed by atoms with Crippen LogP contribution in [0.1, 0.15) is 19.8 Å². The monoisotopic (exact) mass is 828 g/mol. The van der Waals surface area contributed by atoms with Crippen molar-refractivity contribution in [3.8, 4) is 5.75 Å². The van der Waals surface area contributed by atoms with Crippen LogP contribution in [0.4, 0.5) is 10.5 Å². The summed E-state index contributed by atoms with van der Waals surface area (Å²) in [6, 6.07) is 5.26. The molecule has 0 aliphatic carbocycles. The molecule has 282 valence electrons. The van der Waals surface area contributed by atoms with Crippen LogP contribution in [0.5, 0.6) is 5.75 Å². The van der Waals surface area contributed by atoms with E-state index in [1.807, 2.05) is 0 Å². The van der Waals surface area contributed by atoms with Crippen molar-refractivity contribution in [2.45, 2.75) is 37.8 Å². The number of thiazole rings is 2. The zero-order valence-corrected chi connectivity index (χ0v) is 31.5. The minimum Gasteiger partial charge on any atom is -0.497 e. The Balaban J connectivity index is 1.80. The lowest BCUT2D eigenvalue weighted by Gasteiger charge is -2.21. The summed E-state index contributed by atoms with van der Waals surface area (Å²) in [7, 11) is -2.79. The normalized spacial score (nSPS) is 17.5. The molecule has 0 bridgehead atoms. The average Bonchev–Trinajstić information content (AvgIpc) is 3.76. The maximum atomic E-state index is 14.0. The van der Waals surface area contributed by atoms with Crippen molar-refractivity contribution in [1.82, 2.24) is 14.0 Å². The third kappa shape index (κ3) is 8.44. The van der Waals surface area contributed by atoms with Crippen LogP contribution >= 0.6 is 46.2 Å². The van der Waals surface area contributed by atoms with Gasteiger partial charge in [-0.15, -0.1) is 22.7 Å². The van der Waals surface area contributed by atoms with Crippen LogP contribution in [0.15, 0.2) is 43.8 Å². The molecule has 4 heterocycles. The van der Waals surface area contributed by atoms with Gasteiger partial charge in [0.25, 0.3) is 32.4 Å². The number of carbonyl (C=O) groups excluding carboxylic acids is 2. The molecule has 0 saturated carbocycles. The van der Waals surface area contributed by atoms with Crippen LogP contribution in [0.25, 0.3) is 10.5 Å². The molecule has 0 spiro atoms. The van der Waals surface area contributed by atoms with E-state index in [9.17, 15) is 56.7 Å². The van der Waals surface area contributed by atoms with Crippen molar-refractivity contribution in [2.24, 2.45) is 0 Å². The first-order chi connectivity index (χ1) is 24.9. The lowest BCUT2D eigenvalue weighted by atomic mass is 10.2. The van der Waals surface area contributed by atoms with Crippen molar-refractivity contribution < 1.29 is 57.0 Å². The number of hydrogen-bond acceptors (Lipinski definition) is 15. The van der Waals surface area contributed by atoms with Gasteiger partial charge in [0, 0.05) is 17.5 Å². The van der Waals surface area contributed by atoms with Crippen LogP contribution in [0, 0.1) is 9.20 Å². The van der Waals surface area contributed by atoms with Gasteiger partial charge in [0.05, 0.1) is 28.1 Å². The number of carbonyl (C=O) groups is 5. The van der Waals surface area contributed by atoms with Crippen LogP contribution < -0.4 is 30.0 Å². The quantitative estimate of drug-likeness (QED) is 0.174. The van der Waals surface area contributed by atoms with Crippen LogP contribution in [-0.4, -0.2) is 97.3 Å². The molecule has 2 aliphatic rings. The number of nitrogens with zero attached hydrogens (tertiary/aromatic N) is 4. The molecule has 23 heteroatoms. The molecule has 1 aromatic carbocycles. The van der Waals surface area contributed by atoms with Crippen molar-refractivity contribution in [1.29, 1.82) is 0 Å². The van der Waals surface area contributed by atoms with Gasteiger partial charge in [0.2, 0.25) is 0 Å². The highest BCUT2D eigenvalue weighted by atomic mass is 32.2. The number of benzene rings is 1. The molecule has 2 aliphatic heterocycles. The fourth-order valence-electron chi connectivity index (χ4n) is 5.28. The van der Waals surface area contributed by atoms with E-state index in [0.29, 0.717) is 54.6 Å². The molecule has 0 unspecified atom stereocenters. The van der Waals surface area contributed by atoms with Crippen molar-refractivity contribution >= 4 is 102 Å². The minimum atomic E-state index is -4.26. The summed E-state index contributed by atoms with van der Waals surface area (Å²) in [5, 5.41) is 28.1. The van der Waals surface area contributed by atoms with Crippen molar-refractivity contribution in [2.75, 3.05) is 30.9 Å². The zero-order valence-electron chi connectivity index (χ0n) is 27.5. The highest BCUT2D eigenvalue weighted by Gasteiger charge is 2.38. The summed E-state index contributed by atoms with van der Waals surface area (Å²) < 4.78 is 38.4. The maximum absolute atomic E-state index is 14.0. The molecule has 2 amide bonds. The summed E-state index contributed by atoms with van der Waals surface area (Å²) in [6.45, 7) is -1.00. The Bertz CT molecular complexity index is 2570. The number of aliphatic carboxylic acids is 3. The van der Waals surface area contributed by atoms with Crippen molar-refractivity contribution in [3.05, 3.63) is 68.4 Å². The number of carboxylic acids is 3. The summed E-state index contributed by atoms with van der Waals surface area (Å²) in [5.41, 5.74) is -0.714. The number of methoxy groups -OCH3 is 1. The van der Waals surface area contributed by atoms with Gasteiger partial charge in [0.15, 0.2) is 0 Å². The number of imide groups is 1. The molecular formula is C30H28N4O14S5. The summed E-state index contributed by atoms with van der Waals surface area (Å²) in [4.78, 5) is 91.0. The molecule has 0 radical (unpaired) electrons. The number of hydrogen-bond donors (Lipinski definition) is 4. The van der Waals surface area contributed by atoms with Crippen LogP contribution in [-0.2, 0) is 42.4 Å². The fourth-order valence-corrected chi connectivity index (χ4v) is 10.4. The molecule has 53 heavy (non-hydrogen) atoms. The molecule has 1 saturated heterocycles. The first kappa shape index (κ1) is 39.5. The van der Waals surface area contributed by atoms with Gasteiger partial charge in [-0.25, -0.2) is 0 Å². The van der Waals surface area contributed by atoms with Crippen molar-refractivity contribution in [3.63, 3.8) is 0 Å². The molecule has 0 atom stereocenters. The number of rotatable bonds is 13. The van der Waals surface area contributed by atoms with E-state index in [1.165, 1.54) is 18.9 Å². The van der Waals surface area contributed by atoms with E-state index < -0.39 is 80.6 Å². The van der Waals surface area contributed by atoms with Gasteiger partial charge in [-0.1, -0.05) is 18.7 Å². The zero-order chi connectivity index (χ0) is 38.9. The van der Waals surface area contributed by atoms with E-state index in [-0.39, 0.29) is 37.8 Å². The number of aromatic nitrogens is 2. The molecule has 1 fully saturated rings. The smallest absolute Gasteiger partial charge is 0.323 e. The summed E-state index contributed by atoms with van der Waals surface area (Å²) >= 11 is 2.91. The van der Waals surface area contributed by atoms with E-state index in [0.717, 1.165) is 20.8 Å². The highest BCUT2D eigenvalue weighted by Crippen LogP contribution is 2.48. The standard InChI is InChI=1S/C30H28N4O14S5/c1-3-14(9-18-31(7-4-8-53(45,46)47)16-10-15(48-2)5-6-17(16)49-18)22-25(41)32(11-19(35)36)28(50-22)23-26(42)33(12-20(37)38)29(51-23)24-27(43)34(13-21(39)40)30(44)52-24/h5-6,9-10H,3-4,7-8,11-13H2,1-2H3,(H,35,36)(H,37,38)(H,39,40)(H,45,46,47)/b18-9-,22-14+,28-23+,29-24+. The van der Waals surface area contributed by atoms with Gasteiger partial charge in [-0.05, 0) is 48.4 Å². The topological polar surface area (TPSA) is 260 Å². The second-order valence-corrected chi connectivity index (χ2v) is 16.7. The first-order valence-corrected chi connectivity index (χ1v) is 20.0. The molecule has 5 rings (SSSR count). The van der Waals surface area contributed by atoms with E-state index in [4.69, 9.17) is 9.84 Å². The Labute approximate surface area is 314 Å². The second kappa shape index (κ2) is 15.7. The number of ether oxygens (including phenoxy) is 1. The van der Waals surface area contributed by atoms with Gasteiger partial charge < -0.3 is 25.0 Å². The lowest BCUT2D eigenvalue weighted by Crippen LogP contribution is -2.35. The number of carboxylic acid groups (broad SMARTS) is 3. The summed E-state index contributed by atoms with van der Waals surface area (Å²) in [6.07, 6.45) is 1.92. The molecular weight excluding hydrogens is 801 g/mol. The molecule has 18 nitrogen and oxygen atoms in total. The van der Waals surface area contributed by atoms with E-state index >= 15 is 0 Å². The van der Waals surface area contributed by atoms with Crippen LogP contribution in [0.2, 0.25) is 0 Å². The SMILES string of the molecule is CCC(/C=C1\Sc2ccc(OC)cc2N1CCCS(=O)(=O)O)=c1\s/c(=c2/s/c(=C3/SC(=O)N(CC(=O)O)C3=O)n(CC(=O)O)c2=O)n(CC(=O)O)c1=O. The van der Waals surface area contributed by atoms with Gasteiger partial charge in [-0.2, -0.15) is 8.42 Å². The van der Waals surface area contributed by atoms with Gasteiger partial charge in [-0.3, -0.25) is 52.1 Å². The fraction of sp³-hybridized carbons (Fsp3) is 0.300.